The zero-order valence-electron chi connectivity index (χ0n) is 10.8. The Kier molecular flexibility index (Phi) is 6.74. The Balaban J connectivity index is 2.16. The van der Waals surface area contributed by atoms with Gasteiger partial charge in [0.1, 0.15) is 0 Å². The van der Waals surface area contributed by atoms with Gasteiger partial charge in [0, 0.05) is 17.0 Å². The summed E-state index contributed by atoms with van der Waals surface area (Å²) in [5.41, 5.74) is 0. The van der Waals surface area contributed by atoms with Gasteiger partial charge in [-0.05, 0) is 31.7 Å². The Bertz CT molecular complexity index is 256. The summed E-state index contributed by atoms with van der Waals surface area (Å²) in [6.45, 7) is 6.82. The van der Waals surface area contributed by atoms with Gasteiger partial charge in [-0.1, -0.05) is 38.7 Å². The van der Waals surface area contributed by atoms with Gasteiger partial charge in [0.2, 0.25) is 0 Å². The molecule has 0 radical (unpaired) electrons. The maximum absolute atomic E-state index is 3.67. The van der Waals surface area contributed by atoms with Crippen LogP contribution in [0.2, 0.25) is 0 Å². The molecular formula is C14H25NS. The number of rotatable bonds is 8. The van der Waals surface area contributed by atoms with Crippen LogP contribution in [0.15, 0.2) is 17.5 Å². The zero-order valence-corrected chi connectivity index (χ0v) is 11.6. The van der Waals surface area contributed by atoms with Crippen LogP contribution in [0.25, 0.3) is 0 Å². The fourth-order valence-corrected chi connectivity index (χ4v) is 2.75. The Morgan fingerprint density at radius 3 is 2.69 bits per heavy atom. The highest BCUT2D eigenvalue weighted by Crippen LogP contribution is 2.19. The molecule has 1 aromatic heterocycles. The van der Waals surface area contributed by atoms with Crippen molar-refractivity contribution in [2.45, 2.75) is 65.0 Å². The van der Waals surface area contributed by atoms with E-state index in [4.69, 9.17) is 0 Å². The van der Waals surface area contributed by atoms with E-state index in [9.17, 15) is 0 Å². The van der Waals surface area contributed by atoms with Crippen LogP contribution in [0.1, 0.15) is 63.8 Å². The molecule has 1 N–H and O–H groups in total. The molecule has 1 nitrogen and oxygen atoms in total. The summed E-state index contributed by atoms with van der Waals surface area (Å²) in [6, 6.07) is 5.48. The summed E-state index contributed by atoms with van der Waals surface area (Å²) >= 11 is 1.84. The van der Waals surface area contributed by atoms with Crippen molar-refractivity contribution in [1.29, 1.82) is 0 Å². The largest absolute Gasteiger partial charge is 0.307 e. The van der Waals surface area contributed by atoms with Gasteiger partial charge in [0.25, 0.3) is 0 Å². The molecule has 0 aromatic carbocycles. The van der Waals surface area contributed by atoms with Crippen molar-refractivity contribution in [1.82, 2.24) is 5.32 Å². The van der Waals surface area contributed by atoms with Gasteiger partial charge in [0.15, 0.2) is 0 Å². The highest BCUT2D eigenvalue weighted by Gasteiger charge is 2.09. The maximum Gasteiger partial charge on any atom is 0.0388 e. The van der Waals surface area contributed by atoms with Crippen LogP contribution in [0, 0.1) is 0 Å². The van der Waals surface area contributed by atoms with E-state index in [0.717, 1.165) is 0 Å². The van der Waals surface area contributed by atoms with Gasteiger partial charge in [-0.25, -0.2) is 0 Å². The molecule has 0 spiro atoms. The van der Waals surface area contributed by atoms with Gasteiger partial charge in [-0.3, -0.25) is 0 Å². The van der Waals surface area contributed by atoms with E-state index in [-0.39, 0.29) is 0 Å². The molecule has 2 atom stereocenters. The lowest BCUT2D eigenvalue weighted by molar-refractivity contribution is 0.441. The van der Waals surface area contributed by atoms with E-state index in [1.165, 1.54) is 37.0 Å². The van der Waals surface area contributed by atoms with Crippen LogP contribution in [-0.2, 0) is 0 Å². The van der Waals surface area contributed by atoms with Crippen molar-refractivity contribution in [3.63, 3.8) is 0 Å². The summed E-state index contributed by atoms with van der Waals surface area (Å²) in [4.78, 5) is 1.44. The van der Waals surface area contributed by atoms with Crippen molar-refractivity contribution < 1.29 is 0 Å². The molecule has 0 aliphatic heterocycles. The fourth-order valence-electron chi connectivity index (χ4n) is 2.01. The number of nitrogens with one attached hydrogen (secondary N) is 1. The van der Waals surface area contributed by atoms with Crippen molar-refractivity contribution in [3.05, 3.63) is 22.4 Å². The Hall–Kier alpha value is -0.340. The standard InChI is InChI=1S/C14H25NS/c1-4-5-6-7-9-12(2)15-13(3)14-10-8-11-16-14/h8,10-13,15H,4-7,9H2,1-3H3/t12?,13-/m0/s1. The average Bonchev–Trinajstić information content (AvgIpc) is 2.77. The third-order valence-electron chi connectivity index (χ3n) is 3.00. The lowest BCUT2D eigenvalue weighted by Crippen LogP contribution is -2.28. The third-order valence-corrected chi connectivity index (χ3v) is 4.05. The molecule has 1 aromatic rings. The minimum Gasteiger partial charge on any atom is -0.307 e. The minimum absolute atomic E-state index is 0.501. The highest BCUT2D eigenvalue weighted by molar-refractivity contribution is 7.10. The molecule has 1 unspecified atom stereocenters. The van der Waals surface area contributed by atoms with E-state index in [1.54, 1.807) is 0 Å². The minimum atomic E-state index is 0.501. The van der Waals surface area contributed by atoms with Crippen LogP contribution >= 0.6 is 11.3 Å². The summed E-state index contributed by atoms with van der Waals surface area (Å²) < 4.78 is 0. The molecule has 0 amide bonds. The second-order valence-electron chi connectivity index (χ2n) is 4.65. The second kappa shape index (κ2) is 7.86. The van der Waals surface area contributed by atoms with Gasteiger partial charge in [-0.2, -0.15) is 0 Å². The van der Waals surface area contributed by atoms with Crippen LogP contribution in [0.5, 0.6) is 0 Å². The number of hydrogen-bond donors (Lipinski definition) is 1. The monoisotopic (exact) mass is 239 g/mol. The molecule has 1 heterocycles. The third kappa shape index (κ3) is 5.13. The van der Waals surface area contributed by atoms with E-state index in [2.05, 4.69) is 43.6 Å². The van der Waals surface area contributed by atoms with E-state index < -0.39 is 0 Å². The molecule has 1 rings (SSSR count). The first-order valence-electron chi connectivity index (χ1n) is 6.53. The zero-order chi connectivity index (χ0) is 11.8. The van der Waals surface area contributed by atoms with Crippen LogP contribution in [0.3, 0.4) is 0 Å². The quantitative estimate of drug-likeness (QED) is 0.645. The number of thiophene rings is 1. The van der Waals surface area contributed by atoms with Gasteiger partial charge in [0.05, 0.1) is 0 Å². The van der Waals surface area contributed by atoms with Crippen molar-refractivity contribution in [2.75, 3.05) is 0 Å². The first-order valence-corrected chi connectivity index (χ1v) is 7.41. The van der Waals surface area contributed by atoms with E-state index >= 15 is 0 Å². The molecule has 0 saturated carbocycles. The lowest BCUT2D eigenvalue weighted by atomic mass is 10.1. The topological polar surface area (TPSA) is 12.0 Å². The predicted octanol–water partition coefficient (Wildman–Crippen LogP) is 4.76. The molecule has 0 fully saturated rings. The molecule has 2 heteroatoms. The van der Waals surface area contributed by atoms with Crippen molar-refractivity contribution in [2.24, 2.45) is 0 Å². The fraction of sp³-hybridized carbons (Fsp3) is 0.714. The maximum atomic E-state index is 3.67. The first kappa shape index (κ1) is 13.7. The predicted molar refractivity (Wildman–Crippen MR) is 74.1 cm³/mol. The van der Waals surface area contributed by atoms with Crippen LogP contribution in [0.4, 0.5) is 0 Å². The normalized spacial score (nSPS) is 14.9. The summed E-state index contributed by atoms with van der Waals surface area (Å²) in [5.74, 6) is 0. The van der Waals surface area contributed by atoms with Gasteiger partial charge < -0.3 is 5.32 Å². The lowest BCUT2D eigenvalue weighted by Gasteiger charge is -2.19. The molecule has 0 bridgehead atoms. The summed E-state index contributed by atoms with van der Waals surface area (Å²) in [6.07, 6.45) is 6.76. The molecule has 0 saturated heterocycles. The Morgan fingerprint density at radius 1 is 1.25 bits per heavy atom. The number of unbranched alkanes of at least 4 members (excludes halogenated alkanes) is 3. The van der Waals surface area contributed by atoms with Crippen molar-refractivity contribution in [3.8, 4) is 0 Å². The summed E-state index contributed by atoms with van der Waals surface area (Å²) in [7, 11) is 0. The SMILES string of the molecule is CCCCCCC(C)N[C@@H](C)c1cccs1. The van der Waals surface area contributed by atoms with Crippen LogP contribution < -0.4 is 5.32 Å². The Morgan fingerprint density at radius 2 is 2.06 bits per heavy atom. The molecule has 0 aliphatic carbocycles. The van der Waals surface area contributed by atoms with Crippen LogP contribution in [-0.4, -0.2) is 6.04 Å². The van der Waals surface area contributed by atoms with E-state index in [1.807, 2.05) is 11.3 Å². The molecule has 16 heavy (non-hydrogen) atoms. The summed E-state index contributed by atoms with van der Waals surface area (Å²) in [5, 5.41) is 5.82. The van der Waals surface area contributed by atoms with E-state index in [0.29, 0.717) is 12.1 Å². The molecule has 0 aliphatic rings. The number of hydrogen-bond acceptors (Lipinski definition) is 2. The smallest absolute Gasteiger partial charge is 0.0388 e. The molecule has 92 valence electrons. The molecular weight excluding hydrogens is 214 g/mol. The van der Waals surface area contributed by atoms with Gasteiger partial charge >= 0.3 is 0 Å². The average molecular weight is 239 g/mol. The highest BCUT2D eigenvalue weighted by atomic mass is 32.1. The first-order chi connectivity index (χ1) is 7.74. The van der Waals surface area contributed by atoms with Crippen molar-refractivity contribution >= 4 is 11.3 Å². The second-order valence-corrected chi connectivity index (χ2v) is 5.63. The Labute approximate surface area is 104 Å². The van der Waals surface area contributed by atoms with Gasteiger partial charge in [-0.15, -0.1) is 11.3 Å².